The minimum atomic E-state index is -0.823. The lowest BCUT2D eigenvalue weighted by atomic mass is 10.1. The number of allylic oxidation sites excluding steroid dienone is 18. The van der Waals surface area contributed by atoms with Crippen LogP contribution < -0.4 is 0 Å². The van der Waals surface area contributed by atoms with Gasteiger partial charge in [-0.2, -0.15) is 0 Å². The molecule has 1 unspecified atom stereocenters. The van der Waals surface area contributed by atoms with Crippen LogP contribution in [0.3, 0.4) is 0 Å². The Balaban J connectivity index is 4.57. The number of unbranched alkanes of at least 4 members (excludes halogenated alkanes) is 14. The highest BCUT2D eigenvalue weighted by atomic mass is 16.6. The molecule has 1 atom stereocenters. The molecular weight excluding hydrogens is 721 g/mol. The molecule has 0 aliphatic heterocycles. The van der Waals surface area contributed by atoms with E-state index >= 15 is 0 Å². The summed E-state index contributed by atoms with van der Waals surface area (Å²) >= 11 is 0. The normalized spacial score (nSPS) is 13.1. The molecule has 58 heavy (non-hydrogen) atoms. The molecule has 6 heteroatoms. The highest BCUT2D eigenvalue weighted by Crippen LogP contribution is 2.12. The van der Waals surface area contributed by atoms with Gasteiger partial charge in [-0.05, 0) is 89.9 Å². The molecule has 0 spiro atoms. The van der Waals surface area contributed by atoms with Crippen LogP contribution in [0, 0.1) is 0 Å². The number of hydrogen-bond donors (Lipinski definition) is 0. The average Bonchev–Trinajstić information content (AvgIpc) is 3.22. The fourth-order valence-corrected chi connectivity index (χ4v) is 5.71. The molecule has 0 aliphatic carbocycles. The second kappa shape index (κ2) is 45.8. The van der Waals surface area contributed by atoms with E-state index in [1.807, 2.05) is 48.6 Å². The van der Waals surface area contributed by atoms with Crippen LogP contribution in [0.1, 0.15) is 181 Å². The predicted molar refractivity (Wildman–Crippen MR) is 247 cm³/mol. The molecule has 0 aliphatic rings. The summed E-state index contributed by atoms with van der Waals surface area (Å²) in [5.41, 5.74) is 0. The fraction of sp³-hybridized carbons (Fsp3) is 0.596. The van der Waals surface area contributed by atoms with Gasteiger partial charge in [0, 0.05) is 19.3 Å². The monoisotopic (exact) mass is 803 g/mol. The summed E-state index contributed by atoms with van der Waals surface area (Å²) in [4.78, 5) is 37.7. The quantitative estimate of drug-likeness (QED) is 0.0202. The lowest BCUT2D eigenvalue weighted by Crippen LogP contribution is -2.30. The zero-order chi connectivity index (χ0) is 42.3. The van der Waals surface area contributed by atoms with Crippen molar-refractivity contribution in [3.05, 3.63) is 109 Å². The summed E-state index contributed by atoms with van der Waals surface area (Å²) in [6.07, 6.45) is 60.8. The second-order valence-electron chi connectivity index (χ2n) is 14.7. The third-order valence-electron chi connectivity index (χ3n) is 9.12. The van der Waals surface area contributed by atoms with E-state index in [4.69, 9.17) is 14.2 Å². The van der Waals surface area contributed by atoms with Gasteiger partial charge in [0.05, 0.1) is 0 Å². The van der Waals surface area contributed by atoms with Crippen molar-refractivity contribution in [1.82, 2.24) is 0 Å². The highest BCUT2D eigenvalue weighted by molar-refractivity contribution is 5.71. The Morgan fingerprint density at radius 3 is 1.34 bits per heavy atom. The van der Waals surface area contributed by atoms with Gasteiger partial charge in [-0.25, -0.2) is 0 Å². The first kappa shape index (κ1) is 54.1. The summed E-state index contributed by atoms with van der Waals surface area (Å²) in [5, 5.41) is 0. The summed E-state index contributed by atoms with van der Waals surface area (Å²) in [5.74, 6) is -1.05. The van der Waals surface area contributed by atoms with Crippen LogP contribution in [0.2, 0.25) is 0 Å². The molecule has 0 N–H and O–H groups in total. The lowest BCUT2D eigenvalue weighted by Gasteiger charge is -2.18. The van der Waals surface area contributed by atoms with E-state index in [0.29, 0.717) is 12.8 Å². The van der Waals surface area contributed by atoms with E-state index < -0.39 is 6.10 Å². The Kier molecular flexibility index (Phi) is 42.7. The third-order valence-corrected chi connectivity index (χ3v) is 9.12. The first-order valence-electron chi connectivity index (χ1n) is 23.0. The molecule has 0 aromatic rings. The van der Waals surface area contributed by atoms with Gasteiger partial charge in [-0.1, -0.05) is 182 Å². The van der Waals surface area contributed by atoms with E-state index in [0.717, 1.165) is 89.9 Å². The van der Waals surface area contributed by atoms with Crippen molar-refractivity contribution in [2.24, 2.45) is 0 Å². The molecule has 0 saturated heterocycles. The summed E-state index contributed by atoms with van der Waals surface area (Å²) < 4.78 is 16.6. The number of esters is 3. The molecule has 0 aromatic carbocycles. The van der Waals surface area contributed by atoms with Gasteiger partial charge in [0.25, 0.3) is 0 Å². The first-order valence-corrected chi connectivity index (χ1v) is 23.0. The van der Waals surface area contributed by atoms with Crippen molar-refractivity contribution in [1.29, 1.82) is 0 Å². The molecule has 0 saturated carbocycles. The first-order chi connectivity index (χ1) is 28.5. The van der Waals surface area contributed by atoms with Crippen LogP contribution in [0.15, 0.2) is 109 Å². The molecular formula is C52H82O6. The fourth-order valence-electron chi connectivity index (χ4n) is 5.71. The van der Waals surface area contributed by atoms with E-state index in [2.05, 4.69) is 81.5 Å². The van der Waals surface area contributed by atoms with Crippen molar-refractivity contribution >= 4 is 17.9 Å². The average molecular weight is 803 g/mol. The molecule has 0 radical (unpaired) electrons. The molecule has 0 amide bonds. The summed E-state index contributed by atoms with van der Waals surface area (Å²) in [7, 11) is 0. The van der Waals surface area contributed by atoms with Crippen molar-refractivity contribution in [2.45, 2.75) is 187 Å². The molecule has 0 heterocycles. The number of carbonyl (C=O) groups is 3. The van der Waals surface area contributed by atoms with E-state index in [1.54, 1.807) is 0 Å². The highest BCUT2D eigenvalue weighted by Gasteiger charge is 2.19. The molecule has 6 nitrogen and oxygen atoms in total. The molecule has 0 fully saturated rings. The largest absolute Gasteiger partial charge is 0.462 e. The molecule has 0 aromatic heterocycles. The van der Waals surface area contributed by atoms with Crippen molar-refractivity contribution in [3.63, 3.8) is 0 Å². The Morgan fingerprint density at radius 2 is 0.776 bits per heavy atom. The number of rotatable bonds is 39. The van der Waals surface area contributed by atoms with E-state index in [9.17, 15) is 14.4 Å². The van der Waals surface area contributed by atoms with Crippen LogP contribution in [0.5, 0.6) is 0 Å². The van der Waals surface area contributed by atoms with Gasteiger partial charge in [-0.15, -0.1) is 0 Å². The number of ether oxygens (including phenoxy) is 3. The Bertz CT molecular complexity index is 1240. The zero-order valence-electron chi connectivity index (χ0n) is 37.0. The van der Waals surface area contributed by atoms with Gasteiger partial charge in [0.2, 0.25) is 0 Å². The van der Waals surface area contributed by atoms with Crippen LogP contribution in [0.25, 0.3) is 0 Å². The van der Waals surface area contributed by atoms with E-state index in [1.165, 1.54) is 44.9 Å². The van der Waals surface area contributed by atoms with Gasteiger partial charge in [0.15, 0.2) is 6.10 Å². The minimum Gasteiger partial charge on any atom is -0.462 e. The van der Waals surface area contributed by atoms with Crippen molar-refractivity contribution in [2.75, 3.05) is 13.2 Å². The van der Waals surface area contributed by atoms with Crippen molar-refractivity contribution in [3.8, 4) is 0 Å². The zero-order valence-corrected chi connectivity index (χ0v) is 37.0. The number of hydrogen-bond acceptors (Lipinski definition) is 6. The van der Waals surface area contributed by atoms with E-state index in [-0.39, 0.29) is 44.0 Å². The van der Waals surface area contributed by atoms with Crippen LogP contribution in [-0.4, -0.2) is 37.2 Å². The maximum Gasteiger partial charge on any atom is 0.306 e. The molecule has 326 valence electrons. The SMILES string of the molecule is CC\C=C/C=C\C=C/C=C\C=C/CCCCCC(=O)OCC(COC(=O)CCC/C=C\C/C=C\C/C=C\CC)OC(=O)CCCCC/C=C\CCCCCCCCC. The maximum atomic E-state index is 12.7. The minimum absolute atomic E-state index is 0.124. The van der Waals surface area contributed by atoms with Crippen LogP contribution in [0.4, 0.5) is 0 Å². The van der Waals surface area contributed by atoms with Gasteiger partial charge < -0.3 is 14.2 Å². The Hall–Kier alpha value is -3.93. The van der Waals surface area contributed by atoms with Crippen molar-refractivity contribution < 1.29 is 28.6 Å². The van der Waals surface area contributed by atoms with Crippen LogP contribution >= 0.6 is 0 Å². The van der Waals surface area contributed by atoms with Gasteiger partial charge >= 0.3 is 17.9 Å². The van der Waals surface area contributed by atoms with Crippen LogP contribution in [-0.2, 0) is 28.6 Å². The third kappa shape index (κ3) is 43.2. The van der Waals surface area contributed by atoms with Gasteiger partial charge in [-0.3, -0.25) is 14.4 Å². The van der Waals surface area contributed by atoms with Gasteiger partial charge in [0.1, 0.15) is 13.2 Å². The molecule has 0 rings (SSSR count). The molecule has 0 bridgehead atoms. The maximum absolute atomic E-state index is 12.7. The number of carbonyl (C=O) groups excluding carboxylic acids is 3. The lowest BCUT2D eigenvalue weighted by molar-refractivity contribution is -0.167. The Labute approximate surface area is 355 Å². The summed E-state index contributed by atoms with van der Waals surface area (Å²) in [6.45, 7) is 6.24. The topological polar surface area (TPSA) is 78.9 Å². The Morgan fingerprint density at radius 1 is 0.379 bits per heavy atom. The predicted octanol–water partition coefficient (Wildman–Crippen LogP) is 14.8. The smallest absolute Gasteiger partial charge is 0.306 e. The standard InChI is InChI=1S/C52H82O6/c1-4-7-10-13-16-19-22-24-26-28-30-33-36-39-42-45-51(54)57-48-49(47-56-50(53)44-41-38-35-32-29-21-18-15-12-9-6-3)58-52(55)46-43-40-37-34-31-27-25-23-20-17-14-11-8-5-2/h7,9-10,12-13,16,18-19,21-22,24,26-28,30-32,35,49H,4-6,8,11,14-15,17,20,23,25,29,33-34,36-48H2,1-3H3/b10-7-,12-9-,16-13-,21-18-,22-19-,26-24-,30-28-,31-27-,35-32-. The summed E-state index contributed by atoms with van der Waals surface area (Å²) in [6, 6.07) is 0. The second-order valence-corrected chi connectivity index (χ2v) is 14.7.